The highest BCUT2D eigenvalue weighted by Gasteiger charge is 2.22. The maximum atomic E-state index is 12.5. The minimum atomic E-state index is -0.489. The zero-order chi connectivity index (χ0) is 23.3. The van der Waals surface area contributed by atoms with Gasteiger partial charge in [0, 0.05) is 42.3 Å². The fourth-order valence-electron chi connectivity index (χ4n) is 4.46. The molecule has 3 heterocycles. The van der Waals surface area contributed by atoms with E-state index in [1.165, 1.54) is 0 Å². The molecule has 0 bridgehead atoms. The van der Waals surface area contributed by atoms with Crippen molar-refractivity contribution in [2.75, 3.05) is 32.8 Å². The van der Waals surface area contributed by atoms with E-state index in [-0.39, 0.29) is 12.4 Å². The van der Waals surface area contributed by atoms with Gasteiger partial charge in [0.2, 0.25) is 5.91 Å². The number of carbonyl (C=O) groups is 1. The summed E-state index contributed by atoms with van der Waals surface area (Å²) in [5, 5.41) is 6.96. The molecule has 0 radical (unpaired) electrons. The highest BCUT2D eigenvalue weighted by molar-refractivity contribution is 6.03. The van der Waals surface area contributed by atoms with E-state index in [9.17, 15) is 4.79 Å². The minimum Gasteiger partial charge on any atom is -0.379 e. The van der Waals surface area contributed by atoms with Gasteiger partial charge >= 0.3 is 0 Å². The Morgan fingerprint density at radius 1 is 1.09 bits per heavy atom. The second kappa shape index (κ2) is 11.3. The lowest BCUT2D eigenvalue weighted by Crippen LogP contribution is -2.36. The molecule has 0 aliphatic carbocycles. The fraction of sp³-hybridized carbons (Fsp3) is 0.269. The monoisotopic (exact) mass is 492 g/mol. The molecule has 0 atom stereocenters. The Morgan fingerprint density at radius 3 is 2.60 bits per heavy atom. The van der Waals surface area contributed by atoms with E-state index in [2.05, 4.69) is 25.9 Å². The van der Waals surface area contributed by atoms with Gasteiger partial charge < -0.3 is 10.5 Å². The molecule has 9 heteroatoms. The van der Waals surface area contributed by atoms with Crippen molar-refractivity contribution in [3.63, 3.8) is 0 Å². The number of H-pyrrole nitrogens is 1. The third-order valence-corrected chi connectivity index (χ3v) is 6.16. The molecule has 8 nitrogen and oxygen atoms in total. The van der Waals surface area contributed by atoms with Crippen LogP contribution in [0.1, 0.15) is 22.5 Å². The molecule has 2 aromatic heterocycles. The van der Waals surface area contributed by atoms with Crippen LogP contribution in [0.5, 0.6) is 0 Å². The number of aryl methyl sites for hydroxylation is 1. The van der Waals surface area contributed by atoms with Gasteiger partial charge in [0.1, 0.15) is 5.82 Å². The van der Waals surface area contributed by atoms with Crippen LogP contribution >= 0.6 is 12.4 Å². The van der Waals surface area contributed by atoms with E-state index < -0.39 is 5.91 Å². The van der Waals surface area contributed by atoms with E-state index in [1.54, 1.807) is 12.3 Å². The number of imidazole rings is 1. The van der Waals surface area contributed by atoms with Gasteiger partial charge in [-0.25, -0.2) is 4.98 Å². The predicted octanol–water partition coefficient (Wildman–Crippen LogP) is 3.71. The predicted molar refractivity (Wildman–Crippen MR) is 138 cm³/mol. The second-order valence-electron chi connectivity index (χ2n) is 8.40. The Bertz CT molecular complexity index is 1250. The number of nitrogens with zero attached hydrogens (tertiary/aromatic N) is 4. The lowest BCUT2D eigenvalue weighted by Gasteiger charge is -2.26. The van der Waals surface area contributed by atoms with Crippen LogP contribution in [-0.2, 0) is 11.2 Å². The van der Waals surface area contributed by atoms with Crippen LogP contribution in [0, 0.1) is 0 Å². The first kappa shape index (κ1) is 24.7. The SMILES string of the molecule is Cl.NC(=O)c1cccc(-c2cn[nH]c2)c1-c1nc(CCCN2CCOCC2)cn1-c1ccccc1. The molecule has 1 fully saturated rings. The van der Waals surface area contributed by atoms with Gasteiger partial charge in [0.15, 0.2) is 0 Å². The van der Waals surface area contributed by atoms with Crippen molar-refractivity contribution < 1.29 is 9.53 Å². The number of para-hydroxylation sites is 1. The summed E-state index contributed by atoms with van der Waals surface area (Å²) < 4.78 is 7.50. The third kappa shape index (κ3) is 5.45. The number of carbonyl (C=O) groups excluding carboxylic acids is 1. The van der Waals surface area contributed by atoms with Gasteiger partial charge in [-0.3, -0.25) is 19.4 Å². The average Bonchev–Trinajstić information content (AvgIpc) is 3.55. The number of morpholine rings is 1. The van der Waals surface area contributed by atoms with Gasteiger partial charge in [0.05, 0.1) is 30.7 Å². The largest absolute Gasteiger partial charge is 0.379 e. The van der Waals surface area contributed by atoms with Crippen LogP contribution in [0.3, 0.4) is 0 Å². The Labute approximate surface area is 210 Å². The van der Waals surface area contributed by atoms with Crippen molar-refractivity contribution in [1.29, 1.82) is 0 Å². The number of nitrogens with one attached hydrogen (secondary N) is 1. The Hall–Kier alpha value is -3.46. The molecule has 4 aromatic rings. The molecule has 1 saturated heterocycles. The molecular weight excluding hydrogens is 464 g/mol. The summed E-state index contributed by atoms with van der Waals surface area (Å²) in [6.07, 6.45) is 7.45. The van der Waals surface area contributed by atoms with E-state index in [4.69, 9.17) is 15.5 Å². The number of ether oxygens (including phenoxy) is 1. The number of benzene rings is 2. The van der Waals surface area contributed by atoms with Crippen molar-refractivity contribution in [1.82, 2.24) is 24.6 Å². The highest BCUT2D eigenvalue weighted by Crippen LogP contribution is 2.35. The van der Waals surface area contributed by atoms with Crippen molar-refractivity contribution in [3.8, 4) is 28.2 Å². The van der Waals surface area contributed by atoms with Gasteiger partial charge in [-0.1, -0.05) is 30.3 Å². The van der Waals surface area contributed by atoms with Crippen LogP contribution in [-0.4, -0.2) is 63.4 Å². The molecular formula is C26H29ClN6O2. The number of aromatic nitrogens is 4. The fourth-order valence-corrected chi connectivity index (χ4v) is 4.46. The van der Waals surface area contributed by atoms with Crippen molar-refractivity contribution >= 4 is 18.3 Å². The maximum Gasteiger partial charge on any atom is 0.249 e. The number of nitrogens with two attached hydrogens (primary N) is 1. The summed E-state index contributed by atoms with van der Waals surface area (Å²) >= 11 is 0. The van der Waals surface area contributed by atoms with Crippen molar-refractivity contribution in [2.45, 2.75) is 12.8 Å². The summed E-state index contributed by atoms with van der Waals surface area (Å²) in [6, 6.07) is 15.6. The normalized spacial score (nSPS) is 13.9. The van der Waals surface area contributed by atoms with Crippen LogP contribution in [0.25, 0.3) is 28.2 Å². The number of amides is 1. The highest BCUT2D eigenvalue weighted by atomic mass is 35.5. The molecule has 182 valence electrons. The summed E-state index contributed by atoms with van der Waals surface area (Å²) in [4.78, 5) is 19.9. The summed E-state index contributed by atoms with van der Waals surface area (Å²) in [5.41, 5.74) is 10.6. The standard InChI is InChI=1S/C26H28N6O2.ClH/c27-25(33)23-10-4-9-22(19-16-28-29-17-19)24(23)26-30-20(6-5-11-31-12-14-34-15-13-31)18-32(26)21-7-2-1-3-8-21;/h1-4,7-10,16-18H,5-6,11-15H2,(H2,27,33)(H,28,29);1H. The van der Waals surface area contributed by atoms with Gasteiger partial charge in [-0.2, -0.15) is 5.10 Å². The first-order valence-electron chi connectivity index (χ1n) is 11.6. The van der Waals surface area contributed by atoms with Crippen molar-refractivity contribution in [2.24, 2.45) is 5.73 Å². The van der Waals surface area contributed by atoms with E-state index in [0.29, 0.717) is 17.0 Å². The van der Waals surface area contributed by atoms with Gasteiger partial charge in [-0.15, -0.1) is 12.4 Å². The molecule has 3 N–H and O–H groups in total. The molecule has 0 saturated carbocycles. The first-order chi connectivity index (χ1) is 16.7. The van der Waals surface area contributed by atoms with E-state index in [0.717, 1.165) is 68.2 Å². The number of aromatic amines is 1. The number of halogens is 1. The number of hydrogen-bond donors (Lipinski definition) is 2. The maximum absolute atomic E-state index is 12.5. The summed E-state index contributed by atoms with van der Waals surface area (Å²) in [6.45, 7) is 4.56. The number of rotatable bonds is 8. The zero-order valence-electron chi connectivity index (χ0n) is 19.4. The minimum absolute atomic E-state index is 0. The van der Waals surface area contributed by atoms with Gasteiger partial charge in [0.25, 0.3) is 0 Å². The van der Waals surface area contributed by atoms with Gasteiger partial charge in [-0.05, 0) is 43.1 Å². The lowest BCUT2D eigenvalue weighted by molar-refractivity contribution is 0.0374. The number of hydrogen-bond acceptors (Lipinski definition) is 5. The van der Waals surface area contributed by atoms with Crippen LogP contribution in [0.2, 0.25) is 0 Å². The molecule has 1 amide bonds. The molecule has 0 spiro atoms. The Kier molecular flexibility index (Phi) is 7.97. The molecule has 5 rings (SSSR count). The topological polar surface area (TPSA) is 102 Å². The first-order valence-corrected chi connectivity index (χ1v) is 11.6. The average molecular weight is 493 g/mol. The lowest BCUT2D eigenvalue weighted by atomic mass is 9.96. The third-order valence-electron chi connectivity index (χ3n) is 6.16. The zero-order valence-corrected chi connectivity index (χ0v) is 20.2. The van der Waals surface area contributed by atoms with Crippen molar-refractivity contribution in [3.05, 3.63) is 78.4 Å². The molecule has 0 unspecified atom stereocenters. The van der Waals surface area contributed by atoms with Crippen LogP contribution < -0.4 is 5.73 Å². The van der Waals surface area contributed by atoms with Crippen LogP contribution in [0.4, 0.5) is 0 Å². The van der Waals surface area contributed by atoms with E-state index in [1.807, 2.05) is 48.7 Å². The molecule has 35 heavy (non-hydrogen) atoms. The molecule has 1 aliphatic heterocycles. The molecule has 2 aromatic carbocycles. The Balaban J connectivity index is 0.00000289. The quantitative estimate of drug-likeness (QED) is 0.390. The second-order valence-corrected chi connectivity index (χ2v) is 8.40. The smallest absolute Gasteiger partial charge is 0.249 e. The van der Waals surface area contributed by atoms with E-state index >= 15 is 0 Å². The molecule has 1 aliphatic rings. The Morgan fingerprint density at radius 2 is 1.89 bits per heavy atom. The summed E-state index contributed by atoms with van der Waals surface area (Å²) in [7, 11) is 0. The number of primary amides is 1. The summed E-state index contributed by atoms with van der Waals surface area (Å²) in [5.74, 6) is 0.204. The van der Waals surface area contributed by atoms with Crippen LogP contribution in [0.15, 0.2) is 67.1 Å².